The van der Waals surface area contributed by atoms with Gasteiger partial charge >= 0.3 is 0 Å². The van der Waals surface area contributed by atoms with Gasteiger partial charge in [0.25, 0.3) is 0 Å². The summed E-state index contributed by atoms with van der Waals surface area (Å²) >= 11 is 1.60. The van der Waals surface area contributed by atoms with Gasteiger partial charge in [-0.1, -0.05) is 0 Å². The van der Waals surface area contributed by atoms with Crippen LogP contribution in [0.4, 0.5) is 0 Å². The van der Waals surface area contributed by atoms with Crippen molar-refractivity contribution in [2.45, 2.75) is 19.8 Å². The summed E-state index contributed by atoms with van der Waals surface area (Å²) < 4.78 is 24.7. The summed E-state index contributed by atoms with van der Waals surface area (Å²) in [6.45, 7) is 3.22. The second-order valence-electron chi connectivity index (χ2n) is 5.82. The fourth-order valence-corrected chi connectivity index (χ4v) is 4.47. The van der Waals surface area contributed by atoms with Crippen molar-refractivity contribution in [3.8, 4) is 10.7 Å². The van der Waals surface area contributed by atoms with Crippen LogP contribution in [0, 0.1) is 12.8 Å². The fraction of sp³-hybridized carbons (Fsp3) is 0.467. The number of nitrogens with zero attached hydrogens (tertiary/aromatic N) is 3. The number of aromatic nitrogens is 2. The Bertz CT molecular complexity index is 771. The van der Waals surface area contributed by atoms with Crippen molar-refractivity contribution >= 4 is 21.4 Å². The average molecular weight is 337 g/mol. The molecule has 2 aromatic rings. The number of sulfonamides is 1. The van der Waals surface area contributed by atoms with Gasteiger partial charge in [-0.3, -0.25) is 4.98 Å². The topological polar surface area (TPSA) is 63.2 Å². The molecule has 1 unspecified atom stereocenters. The minimum Gasteiger partial charge on any atom is -0.254 e. The molecule has 118 valence electrons. The molecule has 1 atom stereocenters. The molecule has 0 bridgehead atoms. The van der Waals surface area contributed by atoms with E-state index in [0.29, 0.717) is 19.0 Å². The summed E-state index contributed by atoms with van der Waals surface area (Å²) in [6.07, 6.45) is 4.89. The zero-order valence-electron chi connectivity index (χ0n) is 12.7. The molecule has 5 nitrogen and oxygen atoms in total. The Morgan fingerprint density at radius 1 is 1.45 bits per heavy atom. The van der Waals surface area contributed by atoms with Crippen LogP contribution in [0.15, 0.2) is 23.7 Å². The Kier molecular flexibility index (Phi) is 4.29. The van der Waals surface area contributed by atoms with E-state index in [1.165, 1.54) is 11.8 Å². The van der Waals surface area contributed by atoms with Crippen molar-refractivity contribution in [2.75, 3.05) is 19.3 Å². The third-order valence-electron chi connectivity index (χ3n) is 3.90. The molecule has 7 heteroatoms. The second-order valence-corrected chi connectivity index (χ2v) is 8.66. The first-order chi connectivity index (χ1) is 10.4. The van der Waals surface area contributed by atoms with Gasteiger partial charge in [0.2, 0.25) is 10.0 Å². The van der Waals surface area contributed by atoms with E-state index in [9.17, 15) is 8.42 Å². The normalized spacial score (nSPS) is 19.6. The van der Waals surface area contributed by atoms with Gasteiger partial charge in [0.15, 0.2) is 0 Å². The molecule has 1 aliphatic rings. The number of rotatable bonds is 4. The van der Waals surface area contributed by atoms with Gasteiger partial charge in [0, 0.05) is 30.4 Å². The Morgan fingerprint density at radius 3 is 2.91 bits per heavy atom. The maximum absolute atomic E-state index is 11.6. The highest BCUT2D eigenvalue weighted by atomic mass is 32.2. The van der Waals surface area contributed by atoms with E-state index in [1.807, 2.05) is 24.6 Å². The Balaban J connectivity index is 1.72. The molecule has 1 saturated heterocycles. The van der Waals surface area contributed by atoms with Crippen molar-refractivity contribution in [2.24, 2.45) is 5.92 Å². The fourth-order valence-electron chi connectivity index (χ4n) is 2.79. The van der Waals surface area contributed by atoms with Crippen LogP contribution in [0.3, 0.4) is 0 Å². The maximum Gasteiger partial charge on any atom is 0.211 e. The molecule has 22 heavy (non-hydrogen) atoms. The van der Waals surface area contributed by atoms with E-state index in [0.717, 1.165) is 29.2 Å². The van der Waals surface area contributed by atoms with E-state index < -0.39 is 10.0 Å². The lowest BCUT2D eigenvalue weighted by molar-refractivity contribution is 0.460. The van der Waals surface area contributed by atoms with Gasteiger partial charge in [-0.05, 0) is 43.4 Å². The molecular formula is C15H19N3O2S2. The maximum atomic E-state index is 11.6. The molecule has 0 N–H and O–H groups in total. The second kappa shape index (κ2) is 6.06. The van der Waals surface area contributed by atoms with Crippen LogP contribution in [-0.4, -0.2) is 42.0 Å². The lowest BCUT2D eigenvalue weighted by Gasteiger charge is -2.13. The monoisotopic (exact) mass is 337 g/mol. The quantitative estimate of drug-likeness (QED) is 0.859. The minimum absolute atomic E-state index is 0.378. The predicted molar refractivity (Wildman–Crippen MR) is 88.3 cm³/mol. The minimum atomic E-state index is -3.06. The zero-order valence-corrected chi connectivity index (χ0v) is 14.3. The van der Waals surface area contributed by atoms with Crippen LogP contribution >= 0.6 is 11.3 Å². The zero-order chi connectivity index (χ0) is 15.7. The summed E-state index contributed by atoms with van der Waals surface area (Å²) in [5.41, 5.74) is 3.10. The number of pyridine rings is 1. The van der Waals surface area contributed by atoms with E-state index in [-0.39, 0.29) is 0 Å². The van der Waals surface area contributed by atoms with Gasteiger partial charge in [0.05, 0.1) is 11.9 Å². The first kappa shape index (κ1) is 15.6. The molecule has 3 rings (SSSR count). The smallest absolute Gasteiger partial charge is 0.211 e. The Hall–Kier alpha value is -1.31. The van der Waals surface area contributed by atoms with Crippen molar-refractivity contribution in [3.63, 3.8) is 0 Å². The molecular weight excluding hydrogens is 318 g/mol. The van der Waals surface area contributed by atoms with Gasteiger partial charge < -0.3 is 0 Å². The summed E-state index contributed by atoms with van der Waals surface area (Å²) in [7, 11) is -3.06. The number of thiazole rings is 1. The van der Waals surface area contributed by atoms with Crippen molar-refractivity contribution in [1.82, 2.24) is 14.3 Å². The largest absolute Gasteiger partial charge is 0.254 e. The molecule has 0 saturated carbocycles. The summed E-state index contributed by atoms with van der Waals surface area (Å²) in [5, 5.41) is 2.95. The molecule has 0 spiro atoms. The molecule has 0 aliphatic carbocycles. The highest BCUT2D eigenvalue weighted by molar-refractivity contribution is 7.88. The van der Waals surface area contributed by atoms with Crippen molar-refractivity contribution in [3.05, 3.63) is 35.0 Å². The number of hydrogen-bond donors (Lipinski definition) is 0. The Morgan fingerprint density at radius 2 is 2.27 bits per heavy atom. The standard InChI is InChI=1S/C15H19N3O2S2/c1-11-10-21-15(17-11)14-8-12(3-5-16-14)7-13-4-6-18(9-13)22(2,19)20/h3,5,8,10,13H,4,6-7,9H2,1-2H3. The third-order valence-corrected chi connectivity index (χ3v) is 6.16. The lowest BCUT2D eigenvalue weighted by atomic mass is 9.99. The van der Waals surface area contributed by atoms with Crippen LogP contribution in [0.2, 0.25) is 0 Å². The van der Waals surface area contributed by atoms with E-state index in [4.69, 9.17) is 0 Å². The number of hydrogen-bond acceptors (Lipinski definition) is 5. The highest BCUT2D eigenvalue weighted by Gasteiger charge is 2.28. The molecule has 0 aromatic carbocycles. The van der Waals surface area contributed by atoms with Crippen molar-refractivity contribution < 1.29 is 8.42 Å². The van der Waals surface area contributed by atoms with Crippen LogP contribution in [0.25, 0.3) is 10.7 Å². The van der Waals surface area contributed by atoms with Crippen LogP contribution in [-0.2, 0) is 16.4 Å². The average Bonchev–Trinajstić information content (AvgIpc) is 3.08. The van der Waals surface area contributed by atoms with Gasteiger partial charge in [-0.25, -0.2) is 17.7 Å². The number of aryl methyl sites for hydroxylation is 1. The van der Waals surface area contributed by atoms with Crippen LogP contribution < -0.4 is 0 Å². The molecule has 3 heterocycles. The molecule has 1 aliphatic heterocycles. The van der Waals surface area contributed by atoms with Crippen LogP contribution in [0.5, 0.6) is 0 Å². The molecule has 0 radical (unpaired) electrons. The lowest BCUT2D eigenvalue weighted by Crippen LogP contribution is -2.27. The molecule has 1 fully saturated rings. The van der Waals surface area contributed by atoms with Gasteiger partial charge in [-0.2, -0.15) is 0 Å². The van der Waals surface area contributed by atoms with E-state index >= 15 is 0 Å². The molecule has 2 aromatic heterocycles. The first-order valence-electron chi connectivity index (χ1n) is 7.24. The SMILES string of the molecule is Cc1csc(-c2cc(CC3CCN(S(C)(=O)=O)C3)ccn2)n1. The molecule has 0 amide bonds. The summed E-state index contributed by atoms with van der Waals surface area (Å²) in [6, 6.07) is 4.08. The third kappa shape index (κ3) is 3.53. The summed E-state index contributed by atoms with van der Waals surface area (Å²) in [5.74, 6) is 0.378. The van der Waals surface area contributed by atoms with Crippen LogP contribution in [0.1, 0.15) is 17.7 Å². The van der Waals surface area contributed by atoms with Crippen molar-refractivity contribution in [1.29, 1.82) is 0 Å². The predicted octanol–water partition coefficient (Wildman–Crippen LogP) is 2.34. The van der Waals surface area contributed by atoms with Gasteiger partial charge in [-0.15, -0.1) is 11.3 Å². The van der Waals surface area contributed by atoms with E-state index in [1.54, 1.807) is 15.6 Å². The Labute approximate surface area is 135 Å². The first-order valence-corrected chi connectivity index (χ1v) is 9.97. The summed E-state index contributed by atoms with van der Waals surface area (Å²) in [4.78, 5) is 8.86. The van der Waals surface area contributed by atoms with Gasteiger partial charge in [0.1, 0.15) is 5.01 Å². The highest BCUT2D eigenvalue weighted by Crippen LogP contribution is 2.26. The van der Waals surface area contributed by atoms with E-state index in [2.05, 4.69) is 16.0 Å².